The summed E-state index contributed by atoms with van der Waals surface area (Å²) in [6, 6.07) is 0.497. The molecule has 1 aromatic carbocycles. The largest absolute Gasteiger partial charge is 0.372 e. The van der Waals surface area contributed by atoms with E-state index in [0.717, 1.165) is 0 Å². The first-order valence-electron chi connectivity index (χ1n) is 5.94. The van der Waals surface area contributed by atoms with Gasteiger partial charge in [-0.2, -0.15) is 0 Å². The van der Waals surface area contributed by atoms with Gasteiger partial charge in [-0.1, -0.05) is 0 Å². The molecule has 0 spiro atoms. The van der Waals surface area contributed by atoms with Crippen LogP contribution >= 0.6 is 0 Å². The van der Waals surface area contributed by atoms with E-state index in [9.17, 15) is 17.6 Å². The zero-order valence-corrected chi connectivity index (χ0v) is 12.0. The SMILES string of the molecule is CCOC(OCC)O[Si]Cc1cc(F)c(F)c(F)c1F. The van der Waals surface area contributed by atoms with Crippen LogP contribution in [0.3, 0.4) is 0 Å². The second-order valence-corrected chi connectivity index (χ2v) is 4.48. The van der Waals surface area contributed by atoms with E-state index in [0.29, 0.717) is 19.3 Å². The Bertz CT molecular complexity index is 439. The number of ether oxygens (including phenoxy) is 2. The first-order chi connectivity index (χ1) is 9.51. The molecule has 20 heavy (non-hydrogen) atoms. The molecule has 112 valence electrons. The van der Waals surface area contributed by atoms with Crippen LogP contribution in [0.2, 0.25) is 0 Å². The molecule has 0 saturated heterocycles. The summed E-state index contributed by atoms with van der Waals surface area (Å²) in [5.41, 5.74) is -0.300. The maximum absolute atomic E-state index is 13.4. The highest BCUT2D eigenvalue weighted by atomic mass is 28.2. The van der Waals surface area contributed by atoms with Gasteiger partial charge in [-0.15, -0.1) is 0 Å². The Balaban J connectivity index is 2.61. The smallest absolute Gasteiger partial charge is 0.261 e. The molecule has 0 amide bonds. The number of hydrogen-bond donors (Lipinski definition) is 0. The standard InChI is InChI=1S/C12H14F4O3Si/c1-3-17-12(18-4-2)19-20-6-7-5-8(13)10(15)11(16)9(7)14/h5,12H,3-4,6H2,1-2H3. The van der Waals surface area contributed by atoms with Crippen LogP contribution in [-0.4, -0.2) is 29.5 Å². The molecule has 0 saturated carbocycles. The van der Waals surface area contributed by atoms with Crippen molar-refractivity contribution in [2.24, 2.45) is 0 Å². The van der Waals surface area contributed by atoms with Gasteiger partial charge in [-0.05, 0) is 31.5 Å². The van der Waals surface area contributed by atoms with Gasteiger partial charge >= 0.3 is 0 Å². The Hall–Kier alpha value is -0.963. The maximum Gasteiger partial charge on any atom is 0.261 e. The fraction of sp³-hybridized carbons (Fsp3) is 0.500. The summed E-state index contributed by atoms with van der Waals surface area (Å²) in [7, 11) is -0.350. The zero-order chi connectivity index (χ0) is 15.1. The molecule has 2 radical (unpaired) electrons. The van der Waals surface area contributed by atoms with Crippen LogP contribution in [0.4, 0.5) is 17.6 Å². The second-order valence-electron chi connectivity index (χ2n) is 3.60. The van der Waals surface area contributed by atoms with Gasteiger partial charge in [0.2, 0.25) is 9.76 Å². The fourth-order valence-corrected chi connectivity index (χ4v) is 2.09. The topological polar surface area (TPSA) is 27.7 Å². The van der Waals surface area contributed by atoms with E-state index in [1.54, 1.807) is 13.8 Å². The molecule has 0 aromatic heterocycles. The number of halogens is 4. The van der Waals surface area contributed by atoms with Crippen molar-refractivity contribution >= 4 is 9.76 Å². The number of benzene rings is 1. The van der Waals surface area contributed by atoms with Gasteiger partial charge in [0, 0.05) is 13.2 Å². The van der Waals surface area contributed by atoms with Crippen LogP contribution in [0.1, 0.15) is 19.4 Å². The highest BCUT2D eigenvalue weighted by molar-refractivity contribution is 6.26. The van der Waals surface area contributed by atoms with Crippen molar-refractivity contribution in [3.05, 3.63) is 34.9 Å². The molecule has 0 heterocycles. The molecule has 1 aromatic rings. The van der Waals surface area contributed by atoms with Gasteiger partial charge < -0.3 is 13.9 Å². The Morgan fingerprint density at radius 3 is 2.15 bits per heavy atom. The van der Waals surface area contributed by atoms with Crippen molar-refractivity contribution in [1.29, 1.82) is 0 Å². The van der Waals surface area contributed by atoms with E-state index >= 15 is 0 Å². The summed E-state index contributed by atoms with van der Waals surface area (Å²) in [6.07, 6.45) is 0. The predicted octanol–water partition coefficient (Wildman–Crippen LogP) is 2.74. The molecular formula is C12H14F4O3Si. The molecule has 0 aliphatic rings. The fourth-order valence-electron chi connectivity index (χ4n) is 1.33. The molecule has 0 unspecified atom stereocenters. The highest BCUT2D eigenvalue weighted by Gasteiger charge is 2.19. The van der Waals surface area contributed by atoms with Gasteiger partial charge in [-0.3, -0.25) is 0 Å². The van der Waals surface area contributed by atoms with Crippen molar-refractivity contribution in [2.45, 2.75) is 26.4 Å². The third-order valence-electron chi connectivity index (χ3n) is 2.23. The normalized spacial score (nSPS) is 11.3. The number of rotatable bonds is 8. The van der Waals surface area contributed by atoms with E-state index in [1.807, 2.05) is 0 Å². The minimum atomic E-state index is -1.82. The van der Waals surface area contributed by atoms with Crippen LogP contribution < -0.4 is 0 Å². The third-order valence-corrected chi connectivity index (χ3v) is 3.11. The Morgan fingerprint density at radius 2 is 1.60 bits per heavy atom. The van der Waals surface area contributed by atoms with E-state index in [4.69, 9.17) is 13.9 Å². The second kappa shape index (κ2) is 8.35. The lowest BCUT2D eigenvalue weighted by Gasteiger charge is -2.16. The molecule has 0 N–H and O–H groups in total. The van der Waals surface area contributed by atoms with Crippen LogP contribution in [0.15, 0.2) is 6.07 Å². The van der Waals surface area contributed by atoms with Crippen LogP contribution in [0.5, 0.6) is 0 Å². The van der Waals surface area contributed by atoms with Gasteiger partial charge in [0.1, 0.15) is 0 Å². The molecule has 3 nitrogen and oxygen atoms in total. The van der Waals surface area contributed by atoms with Gasteiger partial charge in [-0.25, -0.2) is 17.6 Å². The maximum atomic E-state index is 13.4. The third kappa shape index (κ3) is 4.55. The zero-order valence-electron chi connectivity index (χ0n) is 11.0. The van der Waals surface area contributed by atoms with E-state index < -0.39 is 29.7 Å². The number of hydrogen-bond acceptors (Lipinski definition) is 3. The summed E-state index contributed by atoms with van der Waals surface area (Å²) < 4.78 is 67.4. The van der Waals surface area contributed by atoms with Crippen molar-refractivity contribution < 1.29 is 31.5 Å². The van der Waals surface area contributed by atoms with Crippen molar-refractivity contribution in [2.75, 3.05) is 13.2 Å². The lowest BCUT2D eigenvalue weighted by atomic mass is 10.2. The minimum Gasteiger partial charge on any atom is -0.372 e. The Morgan fingerprint density at radius 1 is 1.00 bits per heavy atom. The first-order valence-corrected chi connectivity index (χ1v) is 7.06. The van der Waals surface area contributed by atoms with Crippen LogP contribution in [-0.2, 0) is 19.9 Å². The Kier molecular flexibility index (Phi) is 7.14. The average molecular weight is 310 g/mol. The minimum absolute atomic E-state index is 0.114. The molecule has 0 fully saturated rings. The molecule has 0 atom stereocenters. The molecule has 8 heteroatoms. The lowest BCUT2D eigenvalue weighted by molar-refractivity contribution is -0.243. The average Bonchev–Trinajstić information content (AvgIpc) is 2.42. The van der Waals surface area contributed by atoms with Gasteiger partial charge in [0.25, 0.3) is 6.48 Å². The monoisotopic (exact) mass is 310 g/mol. The van der Waals surface area contributed by atoms with Crippen molar-refractivity contribution in [1.82, 2.24) is 0 Å². The van der Waals surface area contributed by atoms with E-state index in [1.165, 1.54) is 0 Å². The van der Waals surface area contributed by atoms with Gasteiger partial charge in [0.15, 0.2) is 23.3 Å². The quantitative estimate of drug-likeness (QED) is 0.243. The highest BCUT2D eigenvalue weighted by Crippen LogP contribution is 2.19. The summed E-state index contributed by atoms with van der Waals surface area (Å²) >= 11 is 0. The van der Waals surface area contributed by atoms with Crippen LogP contribution in [0.25, 0.3) is 0 Å². The van der Waals surface area contributed by atoms with Crippen molar-refractivity contribution in [3.63, 3.8) is 0 Å². The molecule has 1 rings (SSSR count). The van der Waals surface area contributed by atoms with Crippen molar-refractivity contribution in [3.8, 4) is 0 Å². The molecule has 0 bridgehead atoms. The van der Waals surface area contributed by atoms with E-state index in [2.05, 4.69) is 0 Å². The summed E-state index contributed by atoms with van der Waals surface area (Å²) in [6.45, 7) is 3.26. The van der Waals surface area contributed by atoms with Gasteiger partial charge in [0.05, 0.1) is 0 Å². The molecular weight excluding hydrogens is 296 g/mol. The van der Waals surface area contributed by atoms with Crippen LogP contribution in [0, 0.1) is 23.3 Å². The lowest BCUT2D eigenvalue weighted by Crippen LogP contribution is -2.24. The summed E-state index contributed by atoms with van der Waals surface area (Å²) in [5.74, 6) is -6.49. The molecule has 0 aliphatic heterocycles. The predicted molar refractivity (Wildman–Crippen MR) is 63.9 cm³/mol. The first kappa shape index (κ1) is 17.1. The van der Waals surface area contributed by atoms with E-state index in [-0.39, 0.29) is 21.4 Å². The summed E-state index contributed by atoms with van der Waals surface area (Å²) in [4.78, 5) is 0. The Labute approximate surface area is 116 Å². The summed E-state index contributed by atoms with van der Waals surface area (Å²) in [5, 5.41) is 0. The molecule has 0 aliphatic carbocycles.